The van der Waals surface area contributed by atoms with E-state index < -0.39 is 17.5 Å². The molecule has 0 amide bonds. The molecule has 1 saturated heterocycles. The number of nitrogens with zero attached hydrogens (tertiary/aromatic N) is 3. The van der Waals surface area contributed by atoms with Gasteiger partial charge >= 0.3 is 0 Å². The van der Waals surface area contributed by atoms with Gasteiger partial charge in [-0.15, -0.1) is 0 Å². The highest BCUT2D eigenvalue weighted by Crippen LogP contribution is 2.40. The standard InChI is InChI=1S/C28H25F3N4O/c1-16-2-4-25(31)24(15-34-36)27(16)17-3-5-26-22(12-17)28(35-8-6-21(32)7-9-35)23(14-33-26)18-10-19(29)13-20(30)11-18/h2-5,10-15,21,36H,6-9,32H2,1H3. The third kappa shape index (κ3) is 4.40. The minimum Gasteiger partial charge on any atom is -0.411 e. The lowest BCUT2D eigenvalue weighted by atomic mass is 9.92. The van der Waals surface area contributed by atoms with Crippen LogP contribution in [0.1, 0.15) is 24.0 Å². The van der Waals surface area contributed by atoms with Crippen LogP contribution in [-0.2, 0) is 0 Å². The number of hydrogen-bond donors (Lipinski definition) is 2. The number of halogens is 3. The highest BCUT2D eigenvalue weighted by atomic mass is 19.1. The van der Waals surface area contributed by atoms with E-state index in [-0.39, 0.29) is 11.6 Å². The summed E-state index contributed by atoms with van der Waals surface area (Å²) in [5.41, 5.74) is 10.9. The van der Waals surface area contributed by atoms with Gasteiger partial charge in [-0.25, -0.2) is 13.2 Å². The summed E-state index contributed by atoms with van der Waals surface area (Å²) in [6.07, 6.45) is 4.28. The van der Waals surface area contributed by atoms with Crippen molar-refractivity contribution in [1.82, 2.24) is 4.98 Å². The van der Waals surface area contributed by atoms with Gasteiger partial charge in [-0.05, 0) is 72.4 Å². The molecule has 0 saturated carbocycles. The van der Waals surface area contributed by atoms with Gasteiger partial charge in [0.1, 0.15) is 17.5 Å². The summed E-state index contributed by atoms with van der Waals surface area (Å²) in [5.74, 6) is -1.86. The van der Waals surface area contributed by atoms with E-state index >= 15 is 0 Å². The number of rotatable bonds is 4. The van der Waals surface area contributed by atoms with Gasteiger partial charge in [0.05, 0.1) is 17.4 Å². The summed E-state index contributed by atoms with van der Waals surface area (Å²) in [6.45, 7) is 3.21. The molecule has 3 N–H and O–H groups in total. The number of piperidine rings is 1. The molecule has 1 aliphatic rings. The Hall–Kier alpha value is -3.91. The van der Waals surface area contributed by atoms with Crippen LogP contribution in [0.25, 0.3) is 33.2 Å². The van der Waals surface area contributed by atoms with Crippen molar-refractivity contribution < 1.29 is 18.4 Å². The number of fused-ring (bicyclic) bond motifs is 1. The molecule has 1 aromatic heterocycles. The second-order valence-corrected chi connectivity index (χ2v) is 9.13. The predicted octanol–water partition coefficient (Wildman–Crippen LogP) is 6.03. The fraction of sp³-hybridized carbons (Fsp3) is 0.214. The van der Waals surface area contributed by atoms with Crippen LogP contribution in [0.4, 0.5) is 18.9 Å². The van der Waals surface area contributed by atoms with Gasteiger partial charge in [0, 0.05) is 47.9 Å². The molecule has 184 valence electrons. The minimum absolute atomic E-state index is 0.0928. The van der Waals surface area contributed by atoms with Crippen molar-refractivity contribution >= 4 is 22.8 Å². The molecule has 0 radical (unpaired) electrons. The van der Waals surface area contributed by atoms with Crippen LogP contribution in [-0.4, -0.2) is 35.5 Å². The maximum atomic E-state index is 14.7. The molecule has 0 unspecified atom stereocenters. The normalized spacial score (nSPS) is 14.8. The topological polar surface area (TPSA) is 74.7 Å². The Morgan fingerprint density at radius 1 is 1.00 bits per heavy atom. The van der Waals surface area contributed by atoms with Gasteiger partial charge in [0.2, 0.25) is 0 Å². The van der Waals surface area contributed by atoms with E-state index in [0.717, 1.165) is 41.8 Å². The molecule has 5 rings (SSSR count). The van der Waals surface area contributed by atoms with Crippen LogP contribution in [0.2, 0.25) is 0 Å². The number of nitrogens with two attached hydrogens (primary N) is 1. The lowest BCUT2D eigenvalue weighted by molar-refractivity contribution is 0.321. The summed E-state index contributed by atoms with van der Waals surface area (Å²) in [7, 11) is 0. The minimum atomic E-state index is -0.672. The monoisotopic (exact) mass is 490 g/mol. The Kier molecular flexibility index (Phi) is 6.36. The van der Waals surface area contributed by atoms with Crippen LogP contribution in [0.3, 0.4) is 0 Å². The summed E-state index contributed by atoms with van der Waals surface area (Å²) in [5, 5.41) is 13.0. The molecule has 0 spiro atoms. The van der Waals surface area contributed by atoms with Crippen molar-refractivity contribution in [3.63, 3.8) is 0 Å². The Balaban J connectivity index is 1.79. The van der Waals surface area contributed by atoms with Gasteiger partial charge < -0.3 is 15.8 Å². The number of anilines is 1. The van der Waals surface area contributed by atoms with Crippen molar-refractivity contribution in [2.45, 2.75) is 25.8 Å². The molecule has 1 fully saturated rings. The maximum Gasteiger partial charge on any atom is 0.132 e. The average Bonchev–Trinajstić information content (AvgIpc) is 2.85. The Bertz CT molecular complexity index is 1460. The van der Waals surface area contributed by atoms with E-state index in [1.54, 1.807) is 12.3 Å². The predicted molar refractivity (Wildman–Crippen MR) is 136 cm³/mol. The number of aromatic nitrogens is 1. The third-order valence-corrected chi connectivity index (χ3v) is 6.75. The van der Waals surface area contributed by atoms with E-state index in [4.69, 9.17) is 10.9 Å². The van der Waals surface area contributed by atoms with Crippen molar-refractivity contribution in [3.05, 3.63) is 83.3 Å². The summed E-state index contributed by atoms with van der Waals surface area (Å²) < 4.78 is 43.0. The molecule has 4 aromatic rings. The summed E-state index contributed by atoms with van der Waals surface area (Å²) in [6, 6.07) is 12.1. The molecule has 3 aromatic carbocycles. The molecular weight excluding hydrogens is 465 g/mol. The number of pyridine rings is 1. The van der Waals surface area contributed by atoms with E-state index in [1.165, 1.54) is 18.2 Å². The smallest absolute Gasteiger partial charge is 0.132 e. The molecule has 2 heterocycles. The molecule has 0 bridgehead atoms. The van der Waals surface area contributed by atoms with Crippen molar-refractivity contribution in [2.24, 2.45) is 10.9 Å². The molecule has 0 aliphatic carbocycles. The van der Waals surface area contributed by atoms with Crippen molar-refractivity contribution in [1.29, 1.82) is 0 Å². The largest absolute Gasteiger partial charge is 0.411 e. The zero-order valence-electron chi connectivity index (χ0n) is 19.7. The van der Waals surface area contributed by atoms with Crippen LogP contribution >= 0.6 is 0 Å². The van der Waals surface area contributed by atoms with Gasteiger partial charge in [-0.1, -0.05) is 17.3 Å². The number of aryl methyl sites for hydroxylation is 1. The van der Waals surface area contributed by atoms with Gasteiger partial charge in [-0.3, -0.25) is 4.98 Å². The number of benzene rings is 3. The third-order valence-electron chi connectivity index (χ3n) is 6.75. The van der Waals surface area contributed by atoms with Crippen LogP contribution in [0, 0.1) is 24.4 Å². The highest BCUT2D eigenvalue weighted by Gasteiger charge is 2.23. The molecule has 1 aliphatic heterocycles. The fourth-order valence-electron chi connectivity index (χ4n) is 4.99. The molecule has 5 nitrogen and oxygen atoms in total. The van der Waals surface area contributed by atoms with Crippen molar-refractivity contribution in [3.8, 4) is 22.3 Å². The lowest BCUT2D eigenvalue weighted by Gasteiger charge is -2.34. The van der Waals surface area contributed by atoms with Crippen LogP contribution in [0.15, 0.2) is 59.9 Å². The highest BCUT2D eigenvalue weighted by molar-refractivity contribution is 6.03. The van der Waals surface area contributed by atoms with E-state index in [9.17, 15) is 13.2 Å². The first kappa shape index (κ1) is 23.8. The second-order valence-electron chi connectivity index (χ2n) is 9.13. The second kappa shape index (κ2) is 9.62. The van der Waals surface area contributed by atoms with E-state index in [1.807, 2.05) is 25.1 Å². The first-order valence-electron chi connectivity index (χ1n) is 11.7. The number of hydrogen-bond acceptors (Lipinski definition) is 5. The van der Waals surface area contributed by atoms with Gasteiger partial charge in [0.25, 0.3) is 0 Å². The first-order valence-corrected chi connectivity index (χ1v) is 11.7. The zero-order chi connectivity index (χ0) is 25.4. The summed E-state index contributed by atoms with van der Waals surface area (Å²) >= 11 is 0. The zero-order valence-corrected chi connectivity index (χ0v) is 19.7. The Morgan fingerprint density at radius 2 is 1.72 bits per heavy atom. The molecule has 0 atom stereocenters. The molecule has 36 heavy (non-hydrogen) atoms. The van der Waals surface area contributed by atoms with E-state index in [0.29, 0.717) is 40.9 Å². The van der Waals surface area contributed by atoms with Crippen molar-refractivity contribution in [2.75, 3.05) is 18.0 Å². The molecule has 8 heteroatoms. The Morgan fingerprint density at radius 3 is 2.42 bits per heavy atom. The van der Waals surface area contributed by atoms with Gasteiger partial charge in [-0.2, -0.15) is 0 Å². The average molecular weight is 491 g/mol. The van der Waals surface area contributed by atoms with E-state index in [2.05, 4.69) is 15.0 Å². The summed E-state index contributed by atoms with van der Waals surface area (Å²) in [4.78, 5) is 6.75. The maximum absolute atomic E-state index is 14.7. The molecular formula is C28H25F3N4O. The van der Waals surface area contributed by atoms with Gasteiger partial charge in [0.15, 0.2) is 0 Å². The number of oxime groups is 1. The van der Waals surface area contributed by atoms with Crippen LogP contribution in [0.5, 0.6) is 0 Å². The Labute approximate surface area is 206 Å². The van der Waals surface area contributed by atoms with Crippen LogP contribution < -0.4 is 10.6 Å². The SMILES string of the molecule is Cc1ccc(F)c(C=NO)c1-c1ccc2ncc(-c3cc(F)cc(F)c3)c(N3CCC(N)CC3)c2c1. The lowest BCUT2D eigenvalue weighted by Crippen LogP contribution is -2.40. The quantitative estimate of drug-likeness (QED) is 0.208. The first-order chi connectivity index (χ1) is 17.4. The fourth-order valence-corrected chi connectivity index (χ4v) is 4.99.